The zero-order valence-electron chi connectivity index (χ0n) is 11.3. The number of fused-ring (bicyclic) bond motifs is 1. The Morgan fingerprint density at radius 1 is 1.22 bits per heavy atom. The van der Waals surface area contributed by atoms with Gasteiger partial charge in [-0.15, -0.1) is 0 Å². The Labute approximate surface area is 106 Å². The topological polar surface area (TPSA) is 76.1 Å². The van der Waals surface area contributed by atoms with Gasteiger partial charge in [0.1, 0.15) is 12.0 Å². The van der Waals surface area contributed by atoms with Crippen LogP contribution in [0.25, 0.3) is 0 Å². The molecule has 0 aliphatic carbocycles. The minimum absolute atomic E-state index is 0.0909. The van der Waals surface area contributed by atoms with Crippen molar-refractivity contribution in [2.45, 2.75) is 33.2 Å². The first-order valence-electron chi connectivity index (χ1n) is 5.78. The van der Waals surface area contributed by atoms with Gasteiger partial charge in [0.2, 0.25) is 11.8 Å². The van der Waals surface area contributed by atoms with Crippen LogP contribution in [0.5, 0.6) is 5.88 Å². The van der Waals surface area contributed by atoms with Crippen LogP contribution >= 0.6 is 0 Å². The van der Waals surface area contributed by atoms with Crippen LogP contribution in [0.1, 0.15) is 27.7 Å². The molecule has 0 unspecified atom stereocenters. The van der Waals surface area contributed by atoms with E-state index in [-0.39, 0.29) is 5.91 Å². The van der Waals surface area contributed by atoms with E-state index in [9.17, 15) is 4.79 Å². The predicted octanol–water partition coefficient (Wildman–Crippen LogP) is 1.65. The number of hydrogen-bond acceptors (Lipinski definition) is 5. The molecule has 1 aliphatic heterocycles. The molecule has 0 radical (unpaired) electrons. The molecule has 0 spiro atoms. The van der Waals surface area contributed by atoms with Gasteiger partial charge in [0.15, 0.2) is 5.82 Å². The van der Waals surface area contributed by atoms with Gasteiger partial charge in [0.05, 0.1) is 12.5 Å². The molecule has 1 aromatic heterocycles. The van der Waals surface area contributed by atoms with Gasteiger partial charge in [-0.25, -0.2) is 4.98 Å². The molecule has 18 heavy (non-hydrogen) atoms. The fraction of sp³-hybridized carbons (Fsp3) is 0.583. The molecular weight excluding hydrogens is 232 g/mol. The molecule has 1 aliphatic rings. The van der Waals surface area contributed by atoms with Crippen molar-refractivity contribution in [1.29, 1.82) is 0 Å². The average Bonchev–Trinajstić information content (AvgIpc) is 2.35. The van der Waals surface area contributed by atoms with E-state index in [1.165, 1.54) is 13.4 Å². The number of carbonyl (C=O) groups is 1. The van der Waals surface area contributed by atoms with Crippen molar-refractivity contribution in [3.63, 3.8) is 0 Å². The smallest absolute Gasteiger partial charge is 0.242 e. The van der Waals surface area contributed by atoms with E-state index in [0.29, 0.717) is 17.4 Å². The second-order valence-corrected chi connectivity index (χ2v) is 5.44. The molecule has 0 atom stereocenters. The van der Waals surface area contributed by atoms with E-state index in [1.807, 2.05) is 27.7 Å². The van der Waals surface area contributed by atoms with Gasteiger partial charge in [0, 0.05) is 5.54 Å². The SMILES string of the molecule is COc1ncnc2c1NC(=O)C(C)(C)C(C)(C)N2. The van der Waals surface area contributed by atoms with Crippen molar-refractivity contribution >= 4 is 17.4 Å². The minimum Gasteiger partial charge on any atom is -0.479 e. The van der Waals surface area contributed by atoms with Crippen molar-refractivity contribution in [3.8, 4) is 5.88 Å². The Balaban J connectivity index is 2.58. The third kappa shape index (κ3) is 1.68. The number of aromatic nitrogens is 2. The van der Waals surface area contributed by atoms with E-state index < -0.39 is 11.0 Å². The number of hydrogen-bond donors (Lipinski definition) is 2. The number of ether oxygens (including phenoxy) is 1. The first-order chi connectivity index (χ1) is 8.29. The lowest BCUT2D eigenvalue weighted by Crippen LogP contribution is -2.51. The number of nitrogens with zero attached hydrogens (tertiary/aromatic N) is 2. The lowest BCUT2D eigenvalue weighted by atomic mass is 9.74. The first-order valence-corrected chi connectivity index (χ1v) is 5.78. The molecule has 2 N–H and O–H groups in total. The zero-order valence-corrected chi connectivity index (χ0v) is 11.3. The summed E-state index contributed by atoms with van der Waals surface area (Å²) in [6.07, 6.45) is 1.41. The fourth-order valence-corrected chi connectivity index (χ4v) is 1.74. The van der Waals surface area contributed by atoms with Gasteiger partial charge in [-0.2, -0.15) is 4.98 Å². The summed E-state index contributed by atoms with van der Waals surface area (Å²) in [6, 6.07) is 0. The number of nitrogens with one attached hydrogen (secondary N) is 2. The minimum atomic E-state index is -0.599. The summed E-state index contributed by atoms with van der Waals surface area (Å²) >= 11 is 0. The van der Waals surface area contributed by atoms with Gasteiger partial charge in [0.25, 0.3) is 0 Å². The number of carbonyl (C=O) groups excluding carboxylic acids is 1. The predicted molar refractivity (Wildman–Crippen MR) is 68.7 cm³/mol. The molecule has 0 fully saturated rings. The van der Waals surface area contributed by atoms with Crippen LogP contribution in [0, 0.1) is 5.41 Å². The van der Waals surface area contributed by atoms with Crippen molar-refractivity contribution in [2.24, 2.45) is 5.41 Å². The number of methoxy groups -OCH3 is 1. The zero-order chi connectivity index (χ0) is 13.6. The van der Waals surface area contributed by atoms with E-state index in [4.69, 9.17) is 4.74 Å². The van der Waals surface area contributed by atoms with E-state index in [0.717, 1.165) is 0 Å². The maximum absolute atomic E-state index is 12.3. The molecule has 1 aromatic rings. The molecule has 6 heteroatoms. The Morgan fingerprint density at radius 3 is 2.50 bits per heavy atom. The third-order valence-corrected chi connectivity index (χ3v) is 3.81. The molecule has 0 bridgehead atoms. The molecular formula is C12H18N4O2. The molecule has 1 amide bonds. The van der Waals surface area contributed by atoms with Gasteiger partial charge in [-0.1, -0.05) is 0 Å². The highest BCUT2D eigenvalue weighted by Gasteiger charge is 2.46. The summed E-state index contributed by atoms with van der Waals surface area (Å²) in [5.41, 5.74) is -0.552. The van der Waals surface area contributed by atoms with Crippen molar-refractivity contribution in [1.82, 2.24) is 9.97 Å². The van der Waals surface area contributed by atoms with E-state index in [1.54, 1.807) is 0 Å². The summed E-state index contributed by atoms with van der Waals surface area (Å²) in [5, 5.41) is 6.12. The quantitative estimate of drug-likeness (QED) is 0.792. The standard InChI is InChI=1S/C12H18N4O2/c1-11(2)10(17)15-7-8(16-12(11,3)4)13-6-14-9(7)18-5/h6H,1-5H3,(H,15,17)(H,13,14,16). The maximum atomic E-state index is 12.3. The highest BCUT2D eigenvalue weighted by atomic mass is 16.5. The monoisotopic (exact) mass is 250 g/mol. The van der Waals surface area contributed by atoms with Crippen LogP contribution < -0.4 is 15.4 Å². The highest BCUT2D eigenvalue weighted by Crippen LogP contribution is 2.41. The molecule has 2 heterocycles. The lowest BCUT2D eigenvalue weighted by molar-refractivity contribution is -0.126. The number of rotatable bonds is 1. The molecule has 6 nitrogen and oxygen atoms in total. The van der Waals surface area contributed by atoms with Crippen LogP contribution in [0.3, 0.4) is 0 Å². The normalized spacial score (nSPS) is 20.2. The van der Waals surface area contributed by atoms with Crippen LogP contribution in [-0.4, -0.2) is 28.5 Å². The second kappa shape index (κ2) is 3.83. The first kappa shape index (κ1) is 12.6. The molecule has 0 aromatic carbocycles. The Hall–Kier alpha value is -1.85. The van der Waals surface area contributed by atoms with E-state index >= 15 is 0 Å². The van der Waals surface area contributed by atoms with Gasteiger partial charge in [-0.05, 0) is 27.7 Å². The Bertz CT molecular complexity index is 497. The fourth-order valence-electron chi connectivity index (χ4n) is 1.74. The van der Waals surface area contributed by atoms with Crippen molar-refractivity contribution in [3.05, 3.63) is 6.33 Å². The summed E-state index contributed by atoms with van der Waals surface area (Å²) in [7, 11) is 1.51. The van der Waals surface area contributed by atoms with Crippen molar-refractivity contribution < 1.29 is 9.53 Å². The largest absolute Gasteiger partial charge is 0.479 e. The molecule has 0 saturated carbocycles. The maximum Gasteiger partial charge on any atom is 0.242 e. The van der Waals surface area contributed by atoms with Crippen LogP contribution in [-0.2, 0) is 4.79 Å². The number of anilines is 2. The molecule has 98 valence electrons. The molecule has 0 saturated heterocycles. The lowest BCUT2D eigenvalue weighted by Gasteiger charge is -2.38. The van der Waals surface area contributed by atoms with Gasteiger partial charge >= 0.3 is 0 Å². The van der Waals surface area contributed by atoms with E-state index in [2.05, 4.69) is 20.6 Å². The Morgan fingerprint density at radius 2 is 1.89 bits per heavy atom. The highest BCUT2D eigenvalue weighted by molar-refractivity contribution is 6.01. The summed E-state index contributed by atoms with van der Waals surface area (Å²) in [4.78, 5) is 20.5. The second-order valence-electron chi connectivity index (χ2n) is 5.44. The average molecular weight is 250 g/mol. The third-order valence-electron chi connectivity index (χ3n) is 3.81. The molecule has 2 rings (SSSR count). The number of amides is 1. The Kier molecular flexibility index (Phi) is 2.68. The van der Waals surface area contributed by atoms with Crippen molar-refractivity contribution in [2.75, 3.05) is 17.7 Å². The van der Waals surface area contributed by atoms with Crippen LogP contribution in [0.2, 0.25) is 0 Å². The van der Waals surface area contributed by atoms with Gasteiger partial charge < -0.3 is 15.4 Å². The van der Waals surface area contributed by atoms with Crippen LogP contribution in [0.4, 0.5) is 11.5 Å². The van der Waals surface area contributed by atoms with Crippen LogP contribution in [0.15, 0.2) is 6.33 Å². The summed E-state index contributed by atoms with van der Waals surface area (Å²) in [6.45, 7) is 7.72. The summed E-state index contributed by atoms with van der Waals surface area (Å²) in [5.74, 6) is 0.840. The summed E-state index contributed by atoms with van der Waals surface area (Å²) < 4.78 is 5.15. The van der Waals surface area contributed by atoms with Gasteiger partial charge in [-0.3, -0.25) is 4.79 Å².